The highest BCUT2D eigenvalue weighted by Gasteiger charge is 2.20. The molecule has 0 rings (SSSR count). The third-order valence-corrected chi connectivity index (χ3v) is 8.78. The number of rotatable bonds is 42. The maximum Gasteiger partial charge on any atom is 0.326 e. The topological polar surface area (TPSA) is 257 Å². The lowest BCUT2D eigenvalue weighted by Gasteiger charge is -2.14. The Morgan fingerprint density at radius 2 is 0.828 bits per heavy atom. The van der Waals surface area contributed by atoms with Crippen molar-refractivity contribution in [3.8, 4) is 0 Å². The number of carbonyl (C=O) groups excluding carboxylic acids is 5. The van der Waals surface area contributed by atoms with E-state index in [0.717, 1.165) is 38.5 Å². The summed E-state index contributed by atoms with van der Waals surface area (Å²) < 4.78 is 21.2. The molecule has 336 valence electrons. The summed E-state index contributed by atoms with van der Waals surface area (Å²) in [4.78, 5) is 81.2. The van der Waals surface area contributed by atoms with E-state index in [9.17, 15) is 38.7 Å². The van der Waals surface area contributed by atoms with E-state index >= 15 is 0 Å². The molecule has 0 aliphatic carbocycles. The standard InChI is InChI=1S/C40H73N5O13/c1-2-34(46)41-21-22-42-37(49)31-57-29-28-56-26-24-44-38(50)32-58-30-27-55-25-23-43-35(47)20-19-33(40(53)54)45-36(48)17-15-13-11-9-7-5-3-4-6-8-10-12-14-16-18-39(51)52/h33H,2-32H2,1H3,(H,41,46)(H,42,49)(H,43,47)(H,44,50)(H,45,48)(H,51,52)(H,53,54)/t33-/m0/s1. The molecule has 18 nitrogen and oxygen atoms in total. The molecule has 0 radical (unpaired) electrons. The molecule has 5 amide bonds. The first-order valence-electron chi connectivity index (χ1n) is 21.2. The van der Waals surface area contributed by atoms with E-state index in [1.54, 1.807) is 6.92 Å². The summed E-state index contributed by atoms with van der Waals surface area (Å²) >= 11 is 0. The first-order chi connectivity index (χ1) is 28.0. The van der Waals surface area contributed by atoms with E-state index in [4.69, 9.17) is 24.1 Å². The Morgan fingerprint density at radius 1 is 0.431 bits per heavy atom. The molecule has 0 heterocycles. The van der Waals surface area contributed by atoms with Crippen LogP contribution in [0.2, 0.25) is 0 Å². The normalized spacial score (nSPS) is 11.4. The van der Waals surface area contributed by atoms with Gasteiger partial charge in [0, 0.05) is 51.9 Å². The van der Waals surface area contributed by atoms with Gasteiger partial charge in [-0.3, -0.25) is 28.8 Å². The number of carbonyl (C=O) groups is 7. The van der Waals surface area contributed by atoms with Crippen molar-refractivity contribution in [2.24, 2.45) is 0 Å². The summed E-state index contributed by atoms with van der Waals surface area (Å²) in [6.07, 6.45) is 15.9. The summed E-state index contributed by atoms with van der Waals surface area (Å²) in [6, 6.07) is -1.14. The molecule has 0 aromatic rings. The lowest BCUT2D eigenvalue weighted by atomic mass is 10.0. The number of hydrogen-bond acceptors (Lipinski definition) is 11. The van der Waals surface area contributed by atoms with E-state index in [1.807, 2.05) is 0 Å². The zero-order valence-electron chi connectivity index (χ0n) is 34.9. The van der Waals surface area contributed by atoms with Crippen molar-refractivity contribution in [1.82, 2.24) is 26.6 Å². The van der Waals surface area contributed by atoms with Gasteiger partial charge in [-0.05, 0) is 19.3 Å². The summed E-state index contributed by atoms with van der Waals surface area (Å²) in [7, 11) is 0. The Labute approximate surface area is 344 Å². The minimum Gasteiger partial charge on any atom is -0.481 e. The van der Waals surface area contributed by atoms with Crippen LogP contribution in [-0.4, -0.2) is 137 Å². The number of carboxylic acids is 2. The molecule has 0 aliphatic rings. The van der Waals surface area contributed by atoms with Crippen LogP contribution < -0.4 is 26.6 Å². The number of ether oxygens (including phenoxy) is 4. The minimum atomic E-state index is -1.18. The highest BCUT2D eigenvalue weighted by molar-refractivity contribution is 5.84. The van der Waals surface area contributed by atoms with Crippen LogP contribution in [0.3, 0.4) is 0 Å². The zero-order valence-corrected chi connectivity index (χ0v) is 34.9. The van der Waals surface area contributed by atoms with Crippen molar-refractivity contribution in [3.05, 3.63) is 0 Å². The van der Waals surface area contributed by atoms with Gasteiger partial charge in [-0.2, -0.15) is 0 Å². The first kappa shape index (κ1) is 54.1. The molecule has 0 aromatic carbocycles. The fraction of sp³-hybridized carbons (Fsp3) is 0.825. The Kier molecular flexibility index (Phi) is 37.3. The van der Waals surface area contributed by atoms with E-state index in [1.165, 1.54) is 44.9 Å². The van der Waals surface area contributed by atoms with Crippen molar-refractivity contribution in [2.45, 2.75) is 135 Å². The number of nitrogens with one attached hydrogen (secondary N) is 5. The van der Waals surface area contributed by atoms with Crippen LogP contribution in [0.4, 0.5) is 0 Å². The van der Waals surface area contributed by atoms with Gasteiger partial charge in [0.1, 0.15) is 19.3 Å². The third kappa shape index (κ3) is 39.0. The van der Waals surface area contributed by atoms with Gasteiger partial charge in [0.2, 0.25) is 29.5 Å². The zero-order chi connectivity index (χ0) is 42.9. The van der Waals surface area contributed by atoms with Crippen molar-refractivity contribution >= 4 is 41.5 Å². The molecule has 18 heteroatoms. The maximum absolute atomic E-state index is 12.3. The Balaban J connectivity index is 3.65. The highest BCUT2D eigenvalue weighted by atomic mass is 16.5. The van der Waals surface area contributed by atoms with Crippen LogP contribution in [0.5, 0.6) is 0 Å². The molecular formula is C40H73N5O13. The number of amides is 5. The largest absolute Gasteiger partial charge is 0.481 e. The predicted octanol–water partition coefficient (Wildman–Crippen LogP) is 2.60. The van der Waals surface area contributed by atoms with Crippen LogP contribution in [0.1, 0.15) is 129 Å². The summed E-state index contributed by atoms with van der Waals surface area (Å²) in [5.74, 6) is -3.28. The Hall–Kier alpha value is -3.87. The van der Waals surface area contributed by atoms with E-state index < -0.39 is 18.0 Å². The number of unbranched alkanes of at least 4 members (excludes halogenated alkanes) is 13. The van der Waals surface area contributed by atoms with E-state index in [2.05, 4.69) is 26.6 Å². The van der Waals surface area contributed by atoms with Gasteiger partial charge in [0.05, 0.1) is 39.6 Å². The van der Waals surface area contributed by atoms with Crippen molar-refractivity contribution in [3.63, 3.8) is 0 Å². The molecule has 0 unspecified atom stereocenters. The van der Waals surface area contributed by atoms with Crippen LogP contribution in [0, 0.1) is 0 Å². The smallest absolute Gasteiger partial charge is 0.326 e. The molecule has 0 aliphatic heterocycles. The van der Waals surface area contributed by atoms with Crippen LogP contribution in [0.25, 0.3) is 0 Å². The van der Waals surface area contributed by atoms with Crippen LogP contribution in [-0.2, 0) is 52.5 Å². The average Bonchev–Trinajstić information content (AvgIpc) is 3.19. The molecule has 58 heavy (non-hydrogen) atoms. The second-order valence-electron chi connectivity index (χ2n) is 13.9. The third-order valence-electron chi connectivity index (χ3n) is 8.78. The lowest BCUT2D eigenvalue weighted by molar-refractivity contribution is -0.142. The van der Waals surface area contributed by atoms with E-state index in [-0.39, 0.29) is 121 Å². The predicted molar refractivity (Wildman–Crippen MR) is 216 cm³/mol. The summed E-state index contributed by atoms with van der Waals surface area (Å²) in [5.41, 5.74) is 0. The van der Waals surface area contributed by atoms with E-state index in [0.29, 0.717) is 25.9 Å². The molecule has 0 fully saturated rings. The number of hydrogen-bond donors (Lipinski definition) is 7. The molecule has 0 spiro atoms. The lowest BCUT2D eigenvalue weighted by Crippen LogP contribution is -2.41. The summed E-state index contributed by atoms with van der Waals surface area (Å²) in [5, 5.41) is 31.2. The Morgan fingerprint density at radius 3 is 1.28 bits per heavy atom. The van der Waals surface area contributed by atoms with Gasteiger partial charge >= 0.3 is 11.9 Å². The monoisotopic (exact) mass is 832 g/mol. The average molecular weight is 832 g/mol. The highest BCUT2D eigenvalue weighted by Crippen LogP contribution is 2.14. The first-order valence-corrected chi connectivity index (χ1v) is 21.2. The molecule has 0 bridgehead atoms. The molecule has 0 saturated heterocycles. The number of aliphatic carboxylic acids is 2. The van der Waals surface area contributed by atoms with Crippen LogP contribution >= 0.6 is 0 Å². The second kappa shape index (κ2) is 39.9. The molecular weight excluding hydrogens is 758 g/mol. The molecule has 0 saturated carbocycles. The van der Waals surface area contributed by atoms with Gasteiger partial charge < -0.3 is 55.7 Å². The van der Waals surface area contributed by atoms with Gasteiger partial charge in [-0.25, -0.2) is 4.79 Å². The van der Waals surface area contributed by atoms with Gasteiger partial charge in [0.15, 0.2) is 0 Å². The maximum atomic E-state index is 12.3. The Bertz CT molecular complexity index is 1130. The fourth-order valence-electron chi connectivity index (χ4n) is 5.50. The quantitative estimate of drug-likeness (QED) is 0.0437. The molecule has 7 N–H and O–H groups in total. The fourth-order valence-corrected chi connectivity index (χ4v) is 5.50. The van der Waals surface area contributed by atoms with Crippen molar-refractivity contribution in [1.29, 1.82) is 0 Å². The SMILES string of the molecule is CCC(=O)NCCNC(=O)COCCOCCNC(=O)COCCOCCNC(=O)CC[C@H](NC(=O)CCCCCCCCCCCCCCCCC(=O)O)C(=O)O. The summed E-state index contributed by atoms with van der Waals surface area (Å²) in [6.45, 7) is 3.89. The number of carboxylic acid groups (broad SMARTS) is 2. The van der Waals surface area contributed by atoms with Gasteiger partial charge in [0.25, 0.3) is 0 Å². The van der Waals surface area contributed by atoms with Crippen molar-refractivity contribution in [2.75, 3.05) is 79.0 Å². The second-order valence-corrected chi connectivity index (χ2v) is 13.9. The minimum absolute atomic E-state index is 0.0268. The van der Waals surface area contributed by atoms with Crippen LogP contribution in [0.15, 0.2) is 0 Å². The molecule has 0 aromatic heterocycles. The van der Waals surface area contributed by atoms with Gasteiger partial charge in [-0.1, -0.05) is 84.0 Å². The van der Waals surface area contributed by atoms with Gasteiger partial charge in [-0.15, -0.1) is 0 Å². The molecule has 1 atom stereocenters. The van der Waals surface area contributed by atoms with Crippen molar-refractivity contribution < 1.29 is 62.7 Å².